The molecule has 3 aromatic rings. The third kappa shape index (κ3) is 3.91. The van der Waals surface area contributed by atoms with Gasteiger partial charge in [-0.15, -0.1) is 11.3 Å². The van der Waals surface area contributed by atoms with E-state index in [9.17, 15) is 0 Å². The van der Waals surface area contributed by atoms with E-state index in [0.29, 0.717) is 12.0 Å². The highest BCUT2D eigenvalue weighted by Crippen LogP contribution is 2.41. The Bertz CT molecular complexity index is 1030. The fourth-order valence-corrected chi connectivity index (χ4v) is 6.88. The lowest BCUT2D eigenvalue weighted by Crippen LogP contribution is -2.43. The normalized spacial score (nSPS) is 24.4. The molecule has 2 N–H and O–H groups in total. The zero-order chi connectivity index (χ0) is 20.6. The second kappa shape index (κ2) is 8.39. The van der Waals surface area contributed by atoms with Crippen LogP contribution in [0.2, 0.25) is 0 Å². The Labute approximate surface area is 186 Å². The zero-order valence-electron chi connectivity index (χ0n) is 17.9. The second-order valence-electron chi connectivity index (χ2n) is 9.22. The number of hydrogen-bond acceptors (Lipinski definition) is 8. The maximum atomic E-state index is 4.95. The fraction of sp³-hybridized carbons (Fsp3) is 0.609. The van der Waals surface area contributed by atoms with Gasteiger partial charge in [-0.05, 0) is 76.4 Å². The number of fused-ring (bicyclic) bond motifs is 3. The molecule has 1 saturated heterocycles. The van der Waals surface area contributed by atoms with Crippen molar-refractivity contribution < 1.29 is 4.52 Å². The van der Waals surface area contributed by atoms with Gasteiger partial charge in [0.05, 0.1) is 11.6 Å². The highest BCUT2D eigenvalue weighted by molar-refractivity contribution is 7.19. The highest BCUT2D eigenvalue weighted by atomic mass is 32.1. The molecule has 164 valence electrons. The Kier molecular flexibility index (Phi) is 5.28. The molecule has 0 amide bonds. The van der Waals surface area contributed by atoms with Crippen molar-refractivity contribution in [3.8, 4) is 0 Å². The number of aromatic nitrogens is 3. The van der Waals surface area contributed by atoms with Crippen molar-refractivity contribution in [3.05, 3.63) is 22.9 Å². The first kappa shape index (κ1) is 19.5. The van der Waals surface area contributed by atoms with E-state index in [1.807, 2.05) is 11.3 Å². The summed E-state index contributed by atoms with van der Waals surface area (Å²) in [5.74, 6) is 1.62. The van der Waals surface area contributed by atoms with Crippen molar-refractivity contribution in [3.63, 3.8) is 0 Å². The first-order valence-corrected chi connectivity index (χ1v) is 12.6. The zero-order valence-corrected chi connectivity index (χ0v) is 18.7. The number of nitrogens with zero attached hydrogens (tertiary/aromatic N) is 4. The first-order chi connectivity index (χ1) is 15.3. The summed E-state index contributed by atoms with van der Waals surface area (Å²) >= 11 is 1.83. The fourth-order valence-electron chi connectivity index (χ4n) is 5.61. The van der Waals surface area contributed by atoms with Crippen LogP contribution < -0.4 is 10.6 Å². The lowest BCUT2D eigenvalue weighted by atomic mass is 9.89. The molecule has 0 unspecified atom stereocenters. The molecule has 2 aliphatic carbocycles. The van der Waals surface area contributed by atoms with Crippen molar-refractivity contribution in [2.45, 2.75) is 76.3 Å². The maximum Gasteiger partial charge on any atom is 0.230 e. The van der Waals surface area contributed by atoms with Gasteiger partial charge in [-0.25, -0.2) is 4.98 Å². The van der Waals surface area contributed by atoms with Gasteiger partial charge in [0.2, 0.25) is 5.95 Å². The van der Waals surface area contributed by atoms with Crippen LogP contribution in [0.3, 0.4) is 0 Å². The summed E-state index contributed by atoms with van der Waals surface area (Å²) in [5.41, 5.74) is 2.25. The standard InChI is InChI=1S/C23H30N6OS/c1-2-11-29(12-3-1)17-9-7-15(8-10-17)25-21-20-18-5-4-6-19(18)31-22(20)28-23(27-21)26-16-13-24-30-14-16/h13-15,17H,1-12H2,(H2,25,26,27,28). The van der Waals surface area contributed by atoms with Gasteiger partial charge in [0.25, 0.3) is 0 Å². The summed E-state index contributed by atoms with van der Waals surface area (Å²) in [7, 11) is 0. The monoisotopic (exact) mass is 438 g/mol. The number of rotatable bonds is 5. The number of hydrogen-bond donors (Lipinski definition) is 2. The smallest absolute Gasteiger partial charge is 0.230 e. The minimum absolute atomic E-state index is 0.486. The topological polar surface area (TPSA) is 79.1 Å². The highest BCUT2D eigenvalue weighted by Gasteiger charge is 2.28. The minimum Gasteiger partial charge on any atom is -0.367 e. The summed E-state index contributed by atoms with van der Waals surface area (Å²) in [6, 6.07) is 1.26. The van der Waals surface area contributed by atoms with Gasteiger partial charge in [-0.2, -0.15) is 4.98 Å². The van der Waals surface area contributed by atoms with Crippen LogP contribution >= 0.6 is 11.3 Å². The van der Waals surface area contributed by atoms with Gasteiger partial charge in [-0.1, -0.05) is 11.6 Å². The molecule has 0 radical (unpaired) electrons. The Morgan fingerprint density at radius 3 is 2.68 bits per heavy atom. The lowest BCUT2D eigenvalue weighted by Gasteiger charge is -2.39. The van der Waals surface area contributed by atoms with Gasteiger partial charge in [0, 0.05) is 17.0 Å². The van der Waals surface area contributed by atoms with Crippen molar-refractivity contribution in [1.29, 1.82) is 0 Å². The van der Waals surface area contributed by atoms with Crippen molar-refractivity contribution >= 4 is 39.0 Å². The molecule has 0 bridgehead atoms. The Hall–Kier alpha value is -2.19. The molecule has 4 heterocycles. The van der Waals surface area contributed by atoms with E-state index in [1.54, 1.807) is 12.5 Å². The van der Waals surface area contributed by atoms with Crippen LogP contribution in [0.5, 0.6) is 0 Å². The van der Waals surface area contributed by atoms with Crippen molar-refractivity contribution in [2.75, 3.05) is 23.7 Å². The SMILES string of the molecule is c1nocc1Nc1nc(NC2CCC(N3CCCCC3)CC2)c2c3c(sc2n1)CCC3. The van der Waals surface area contributed by atoms with Crippen LogP contribution in [0.25, 0.3) is 10.2 Å². The molecule has 1 saturated carbocycles. The Balaban J connectivity index is 1.23. The molecule has 0 atom stereocenters. The predicted molar refractivity (Wildman–Crippen MR) is 124 cm³/mol. The van der Waals surface area contributed by atoms with Gasteiger partial charge < -0.3 is 20.1 Å². The van der Waals surface area contributed by atoms with Crippen LogP contribution in [0.4, 0.5) is 17.5 Å². The van der Waals surface area contributed by atoms with E-state index in [4.69, 9.17) is 14.5 Å². The van der Waals surface area contributed by atoms with E-state index in [0.717, 1.165) is 28.8 Å². The van der Waals surface area contributed by atoms with Crippen LogP contribution in [0.15, 0.2) is 17.0 Å². The molecular formula is C23H30N6OS. The number of piperidine rings is 1. The van der Waals surface area contributed by atoms with E-state index < -0.39 is 0 Å². The minimum atomic E-state index is 0.486. The van der Waals surface area contributed by atoms with E-state index in [2.05, 4.69) is 20.7 Å². The van der Waals surface area contributed by atoms with Gasteiger partial charge >= 0.3 is 0 Å². The predicted octanol–water partition coefficient (Wildman–Crippen LogP) is 5.12. The van der Waals surface area contributed by atoms with E-state index in [1.165, 1.54) is 86.7 Å². The molecule has 7 nitrogen and oxygen atoms in total. The first-order valence-electron chi connectivity index (χ1n) is 11.8. The number of aryl methyl sites for hydroxylation is 2. The molecule has 8 heteroatoms. The van der Waals surface area contributed by atoms with E-state index >= 15 is 0 Å². The number of nitrogens with one attached hydrogen (secondary N) is 2. The van der Waals surface area contributed by atoms with Crippen LogP contribution in [0.1, 0.15) is 61.8 Å². The van der Waals surface area contributed by atoms with E-state index in [-0.39, 0.29) is 0 Å². The lowest BCUT2D eigenvalue weighted by molar-refractivity contribution is 0.127. The molecular weight excluding hydrogens is 408 g/mol. The molecule has 6 rings (SSSR count). The van der Waals surface area contributed by atoms with Gasteiger partial charge in [0.15, 0.2) is 0 Å². The van der Waals surface area contributed by atoms with Crippen molar-refractivity contribution in [1.82, 2.24) is 20.0 Å². The van der Waals surface area contributed by atoms with Gasteiger partial charge in [0.1, 0.15) is 22.6 Å². The summed E-state index contributed by atoms with van der Waals surface area (Å²) in [5, 5.41) is 12.1. The summed E-state index contributed by atoms with van der Waals surface area (Å²) in [4.78, 5) is 15.1. The maximum absolute atomic E-state index is 4.95. The molecule has 0 spiro atoms. The van der Waals surface area contributed by atoms with Crippen LogP contribution in [0, 0.1) is 0 Å². The van der Waals surface area contributed by atoms with Crippen molar-refractivity contribution in [2.24, 2.45) is 0 Å². The average molecular weight is 439 g/mol. The second-order valence-corrected chi connectivity index (χ2v) is 10.3. The Morgan fingerprint density at radius 1 is 1.00 bits per heavy atom. The quantitative estimate of drug-likeness (QED) is 0.572. The van der Waals surface area contributed by atoms with Crippen LogP contribution in [-0.4, -0.2) is 45.2 Å². The third-order valence-corrected chi connectivity index (χ3v) is 8.38. The molecule has 3 aromatic heterocycles. The number of anilines is 3. The number of thiophene rings is 1. The Morgan fingerprint density at radius 2 is 1.87 bits per heavy atom. The molecule has 2 fully saturated rings. The molecule has 31 heavy (non-hydrogen) atoms. The number of likely N-dealkylation sites (tertiary alicyclic amines) is 1. The summed E-state index contributed by atoms with van der Waals surface area (Å²) in [6.45, 7) is 2.60. The third-order valence-electron chi connectivity index (χ3n) is 7.20. The summed E-state index contributed by atoms with van der Waals surface area (Å²) < 4.78 is 4.95. The average Bonchev–Trinajstić information content (AvgIpc) is 3.53. The molecule has 1 aliphatic heterocycles. The summed E-state index contributed by atoms with van der Waals surface area (Å²) in [6.07, 6.45) is 16.0. The molecule has 3 aliphatic rings. The van der Waals surface area contributed by atoms with Gasteiger partial charge in [-0.3, -0.25) is 0 Å². The largest absolute Gasteiger partial charge is 0.367 e. The van der Waals surface area contributed by atoms with Crippen LogP contribution in [-0.2, 0) is 12.8 Å². The molecule has 0 aromatic carbocycles.